The zero-order valence-corrected chi connectivity index (χ0v) is 23.9. The van der Waals surface area contributed by atoms with Gasteiger partial charge in [-0.25, -0.2) is 0 Å². The molecular weight excluding hydrogens is 499 g/mol. The van der Waals surface area contributed by atoms with Gasteiger partial charge < -0.3 is 0 Å². The third-order valence-corrected chi connectivity index (χ3v) is 11.4. The van der Waals surface area contributed by atoms with Crippen LogP contribution in [0.2, 0.25) is 19.6 Å². The average Bonchev–Trinajstić information content (AvgIpc) is 3.29. The Labute approximate surface area is 218 Å². The van der Waals surface area contributed by atoms with Crippen LogP contribution in [0.25, 0.3) is 0 Å². The van der Waals surface area contributed by atoms with E-state index in [0.717, 1.165) is 12.2 Å². The first-order valence-electron chi connectivity index (χ1n) is 10.9. The van der Waals surface area contributed by atoms with E-state index in [1.165, 1.54) is 29.6 Å². The molecule has 0 saturated carbocycles. The van der Waals surface area contributed by atoms with Crippen molar-refractivity contribution in [2.24, 2.45) is 0 Å². The summed E-state index contributed by atoms with van der Waals surface area (Å²) in [5, 5.41) is 1.46. The molecule has 4 rings (SSSR count). The molecule has 0 aromatic heterocycles. The molecule has 0 fully saturated rings. The van der Waals surface area contributed by atoms with E-state index < -0.39 is 25.9 Å². The number of allylic oxidation sites excluding steroid dienone is 4. The fraction of sp³-hybridized carbons (Fsp3) is 0.179. The molecule has 1 nitrogen and oxygen atoms in total. The number of halogens is 2. The van der Waals surface area contributed by atoms with E-state index in [1.807, 2.05) is 0 Å². The average molecular weight is 531 g/mol. The summed E-state index contributed by atoms with van der Waals surface area (Å²) >= 11 is -2.31. The van der Waals surface area contributed by atoms with Crippen LogP contribution in [0.5, 0.6) is 5.75 Å². The number of aryl methyl sites for hydroxylation is 1. The van der Waals surface area contributed by atoms with Crippen LogP contribution < -0.4 is 8.51 Å². The molecule has 33 heavy (non-hydrogen) atoms. The smallest absolute Gasteiger partial charge is 0.147 e. The largest absolute Gasteiger partial charge is 0.147 e. The molecule has 3 aromatic rings. The van der Waals surface area contributed by atoms with Crippen LogP contribution in [0.15, 0.2) is 101 Å². The van der Waals surface area contributed by atoms with Crippen LogP contribution >= 0.6 is 24.8 Å². The Kier molecular flexibility index (Phi) is 10.1. The Morgan fingerprint density at radius 3 is 1.88 bits per heavy atom. The van der Waals surface area contributed by atoms with Gasteiger partial charge in [0.05, 0.1) is 0 Å². The molecule has 1 aliphatic carbocycles. The van der Waals surface area contributed by atoms with Gasteiger partial charge in [-0.05, 0) is 0 Å². The molecule has 5 heteroatoms. The summed E-state index contributed by atoms with van der Waals surface area (Å²) in [7, 11) is -1.43. The minimum Gasteiger partial charge on any atom is -0.147 e. The maximum atomic E-state index is 7.03. The quantitative estimate of drug-likeness (QED) is 0.301. The Hall–Kier alpha value is -1.68. The van der Waals surface area contributed by atoms with Gasteiger partial charge in [-0.2, -0.15) is 0 Å². The number of hydrogen-bond acceptors (Lipinski definition) is 1. The van der Waals surface area contributed by atoms with Crippen molar-refractivity contribution in [3.63, 3.8) is 0 Å². The van der Waals surface area contributed by atoms with Crippen molar-refractivity contribution in [3.8, 4) is 5.75 Å². The van der Waals surface area contributed by atoms with Gasteiger partial charge in [0.15, 0.2) is 0 Å². The van der Waals surface area contributed by atoms with Crippen molar-refractivity contribution in [2.75, 3.05) is 0 Å². The molecule has 1 aliphatic rings. The Morgan fingerprint density at radius 2 is 1.39 bits per heavy atom. The number of hydrogen-bond donors (Lipinski definition) is 0. The first-order valence-corrected chi connectivity index (χ1v) is 16.6. The van der Waals surface area contributed by atoms with Gasteiger partial charge in [0.1, 0.15) is 0 Å². The fourth-order valence-corrected chi connectivity index (χ4v) is 8.74. The first kappa shape index (κ1) is 27.6. The van der Waals surface area contributed by atoms with Gasteiger partial charge in [-0.3, -0.25) is 0 Å². The van der Waals surface area contributed by atoms with Gasteiger partial charge in [-0.15, -0.1) is 24.8 Å². The van der Waals surface area contributed by atoms with E-state index in [-0.39, 0.29) is 24.8 Å². The second-order valence-corrected chi connectivity index (χ2v) is 17.4. The summed E-state index contributed by atoms with van der Waals surface area (Å²) < 4.78 is 9.87. The van der Waals surface area contributed by atoms with Crippen molar-refractivity contribution in [2.45, 2.75) is 33.0 Å². The van der Waals surface area contributed by atoms with Crippen LogP contribution in [-0.4, -0.2) is 11.9 Å². The van der Waals surface area contributed by atoms with Gasteiger partial charge >= 0.3 is 195 Å². The summed E-state index contributed by atoms with van der Waals surface area (Å²) in [6, 6.07) is 28.5. The zero-order chi connectivity index (χ0) is 21.8. The number of rotatable bonds is 6. The summed E-state index contributed by atoms with van der Waals surface area (Å²) in [4.78, 5) is 0. The van der Waals surface area contributed by atoms with Crippen molar-refractivity contribution in [1.29, 1.82) is 0 Å². The van der Waals surface area contributed by atoms with Crippen LogP contribution in [0.4, 0.5) is 0 Å². The fourth-order valence-electron chi connectivity index (χ4n) is 3.89. The third-order valence-electron chi connectivity index (χ3n) is 5.55. The summed E-state index contributed by atoms with van der Waals surface area (Å²) in [6.45, 7) is 9.39. The Bertz CT molecular complexity index is 1120. The molecule has 0 aliphatic heterocycles. The molecule has 0 saturated heterocycles. The molecule has 0 atom stereocenters. The topological polar surface area (TPSA) is 9.23 Å². The predicted octanol–water partition coefficient (Wildman–Crippen LogP) is 7.41. The van der Waals surface area contributed by atoms with Gasteiger partial charge in [0.2, 0.25) is 0 Å². The van der Waals surface area contributed by atoms with Crippen molar-refractivity contribution < 1.29 is 21.1 Å². The second-order valence-electron chi connectivity index (χ2n) is 9.15. The molecule has 0 N–H and O–H groups in total. The zero-order valence-electron chi connectivity index (χ0n) is 19.7. The van der Waals surface area contributed by atoms with Gasteiger partial charge in [-0.1, -0.05) is 0 Å². The molecule has 3 aromatic carbocycles. The SMILES string of the molecule is Cc1cc([O][Ti]([C]2=CC=CC2)=[C](c2ccccc2)c2ccccc2)cc([Si](C)(C)C)c1.Cl.Cl. The summed E-state index contributed by atoms with van der Waals surface area (Å²) in [5.41, 5.74) is 3.83. The molecule has 0 radical (unpaired) electrons. The monoisotopic (exact) mass is 530 g/mol. The molecule has 0 bridgehead atoms. The van der Waals surface area contributed by atoms with E-state index in [1.54, 1.807) is 0 Å². The van der Waals surface area contributed by atoms with Crippen LogP contribution in [0.3, 0.4) is 0 Å². The second kappa shape index (κ2) is 12.1. The molecule has 0 unspecified atom stereocenters. The maximum Gasteiger partial charge on any atom is -0.147 e. The molecule has 172 valence electrons. The van der Waals surface area contributed by atoms with Crippen LogP contribution in [0.1, 0.15) is 23.1 Å². The van der Waals surface area contributed by atoms with E-state index in [2.05, 4.69) is 124 Å². The van der Waals surface area contributed by atoms with E-state index in [9.17, 15) is 0 Å². The summed E-state index contributed by atoms with van der Waals surface area (Å²) in [6.07, 6.45) is 7.72. The molecule has 0 spiro atoms. The molecule has 0 heterocycles. The Balaban J connectivity index is 0.00000193. The van der Waals surface area contributed by atoms with Crippen molar-refractivity contribution in [3.05, 3.63) is 118 Å². The summed E-state index contributed by atoms with van der Waals surface area (Å²) in [5.74, 6) is 1.03. The first-order chi connectivity index (χ1) is 14.9. The predicted molar refractivity (Wildman–Crippen MR) is 147 cm³/mol. The van der Waals surface area contributed by atoms with E-state index in [4.69, 9.17) is 3.32 Å². The maximum absolute atomic E-state index is 7.03. The third kappa shape index (κ3) is 6.91. The van der Waals surface area contributed by atoms with Crippen molar-refractivity contribution >= 4 is 41.9 Å². The Morgan fingerprint density at radius 1 is 0.818 bits per heavy atom. The minimum absolute atomic E-state index is 0. The normalized spacial score (nSPS) is 12.3. The minimum atomic E-state index is -2.31. The van der Waals surface area contributed by atoms with Crippen LogP contribution in [-0.2, 0) is 17.8 Å². The van der Waals surface area contributed by atoms with E-state index in [0.29, 0.717) is 0 Å². The standard InChI is InChI=1S/C13H10.C10H16OSi.C5H5.2ClH.Ti/c1-3-7-12(8-4-1)11-13-9-5-2-6-10-13;1-8-5-9(11)7-10(6-8)12(2,3)4;1-2-4-5-3-1;;;/h1-10H;5-7,11H,1-4H3;1-3H,4H2;2*1H;/q;;;;;+1/p-1. The van der Waals surface area contributed by atoms with Gasteiger partial charge in [0, 0.05) is 0 Å². The number of benzene rings is 3. The van der Waals surface area contributed by atoms with Gasteiger partial charge in [0.25, 0.3) is 0 Å². The van der Waals surface area contributed by atoms with E-state index >= 15 is 0 Å². The van der Waals surface area contributed by atoms with Crippen LogP contribution in [0, 0.1) is 6.92 Å². The molecule has 0 amide bonds. The molecular formula is C28H32Cl2OSiTi. The van der Waals surface area contributed by atoms with Crippen molar-refractivity contribution in [1.82, 2.24) is 0 Å².